The minimum atomic E-state index is -3.14. The maximum absolute atomic E-state index is 11.5. The van der Waals surface area contributed by atoms with Crippen LogP contribution in [0.2, 0.25) is 0 Å². The second-order valence-electron chi connectivity index (χ2n) is 5.60. The smallest absolute Gasteiger partial charge is 0.191 e. The maximum atomic E-state index is 11.5. The predicted molar refractivity (Wildman–Crippen MR) is 103 cm³/mol. The number of aliphatic imine (C=N–C) groups is 1. The van der Waals surface area contributed by atoms with Crippen molar-refractivity contribution >= 4 is 27.1 Å². The van der Waals surface area contributed by atoms with Crippen molar-refractivity contribution in [3.05, 3.63) is 45.9 Å². The minimum absolute atomic E-state index is 0.344. The Hall–Kier alpha value is -1.93. The van der Waals surface area contributed by atoms with Crippen LogP contribution in [-0.4, -0.2) is 39.2 Å². The molecule has 0 fully saturated rings. The fourth-order valence-corrected chi connectivity index (χ4v) is 3.59. The van der Waals surface area contributed by atoms with Crippen LogP contribution in [0.15, 0.2) is 39.5 Å². The number of nitrogens with zero attached hydrogens (tertiary/aromatic N) is 2. The summed E-state index contributed by atoms with van der Waals surface area (Å²) in [6.07, 6.45) is 2.95. The van der Waals surface area contributed by atoms with Crippen molar-refractivity contribution < 1.29 is 8.42 Å². The number of thiazole rings is 1. The lowest BCUT2D eigenvalue weighted by Gasteiger charge is -2.11. The van der Waals surface area contributed by atoms with E-state index in [1.165, 1.54) is 6.26 Å². The highest BCUT2D eigenvalue weighted by Gasteiger charge is 2.06. The summed E-state index contributed by atoms with van der Waals surface area (Å²) in [5, 5.41) is 9.69. The zero-order valence-corrected chi connectivity index (χ0v) is 16.4. The van der Waals surface area contributed by atoms with E-state index in [1.54, 1.807) is 30.5 Å². The van der Waals surface area contributed by atoms with E-state index in [1.807, 2.05) is 12.1 Å². The summed E-state index contributed by atoms with van der Waals surface area (Å²) in [5.74, 6) is 0.721. The largest absolute Gasteiger partial charge is 0.356 e. The van der Waals surface area contributed by atoms with Crippen molar-refractivity contribution in [3.8, 4) is 0 Å². The van der Waals surface area contributed by atoms with Gasteiger partial charge in [0.05, 0.1) is 22.1 Å². The van der Waals surface area contributed by atoms with Gasteiger partial charge < -0.3 is 10.6 Å². The minimum Gasteiger partial charge on any atom is -0.356 e. The van der Waals surface area contributed by atoms with Gasteiger partial charge in [0.1, 0.15) is 0 Å². The van der Waals surface area contributed by atoms with E-state index in [-0.39, 0.29) is 0 Å². The van der Waals surface area contributed by atoms with Crippen molar-refractivity contribution in [1.82, 2.24) is 15.6 Å². The second-order valence-corrected chi connectivity index (χ2v) is 8.56. The van der Waals surface area contributed by atoms with Crippen molar-refractivity contribution in [2.75, 3.05) is 19.8 Å². The van der Waals surface area contributed by atoms with Gasteiger partial charge in [0.25, 0.3) is 0 Å². The van der Waals surface area contributed by atoms with Crippen LogP contribution in [0, 0.1) is 0 Å². The number of aryl methyl sites for hydroxylation is 1. The van der Waals surface area contributed by atoms with E-state index in [4.69, 9.17) is 0 Å². The highest BCUT2D eigenvalue weighted by atomic mass is 32.2. The van der Waals surface area contributed by atoms with E-state index in [2.05, 4.69) is 32.9 Å². The van der Waals surface area contributed by atoms with Crippen LogP contribution in [0.3, 0.4) is 0 Å². The monoisotopic (exact) mass is 380 g/mol. The molecule has 1 aromatic carbocycles. The standard InChI is InChI=1S/C17H24N4O2S2/c1-4-16-21-14(12-24-16)11-20-17(18-2)19-10-9-13-5-7-15(8-6-13)25(3,22)23/h5-8,12H,4,9-11H2,1-3H3,(H2,18,19,20). The lowest BCUT2D eigenvalue weighted by atomic mass is 10.1. The molecule has 0 saturated carbocycles. The van der Waals surface area contributed by atoms with Gasteiger partial charge in [-0.15, -0.1) is 11.3 Å². The lowest BCUT2D eigenvalue weighted by molar-refractivity contribution is 0.602. The number of nitrogens with one attached hydrogen (secondary N) is 2. The summed E-state index contributed by atoms with van der Waals surface area (Å²) in [4.78, 5) is 9.06. The molecule has 0 spiro atoms. The van der Waals surface area contributed by atoms with Crippen molar-refractivity contribution in [2.45, 2.75) is 31.2 Å². The van der Waals surface area contributed by atoms with Crippen LogP contribution in [0.5, 0.6) is 0 Å². The van der Waals surface area contributed by atoms with Gasteiger partial charge in [0, 0.05) is 25.2 Å². The number of benzene rings is 1. The Morgan fingerprint density at radius 1 is 1.24 bits per heavy atom. The van der Waals surface area contributed by atoms with Crippen LogP contribution in [-0.2, 0) is 29.2 Å². The molecular formula is C17H24N4O2S2. The molecule has 2 rings (SSSR count). The molecule has 0 bridgehead atoms. The van der Waals surface area contributed by atoms with Gasteiger partial charge in [0.2, 0.25) is 0 Å². The molecule has 2 aromatic rings. The van der Waals surface area contributed by atoms with E-state index in [9.17, 15) is 8.42 Å². The Morgan fingerprint density at radius 2 is 1.96 bits per heavy atom. The molecule has 0 aliphatic heterocycles. The molecule has 25 heavy (non-hydrogen) atoms. The first kappa shape index (κ1) is 19.4. The normalized spacial score (nSPS) is 12.2. The topological polar surface area (TPSA) is 83.4 Å². The number of guanidine groups is 1. The van der Waals surface area contributed by atoms with Gasteiger partial charge in [-0.05, 0) is 30.5 Å². The molecule has 136 valence electrons. The number of hydrogen-bond donors (Lipinski definition) is 2. The highest BCUT2D eigenvalue weighted by Crippen LogP contribution is 2.11. The third-order valence-electron chi connectivity index (χ3n) is 3.62. The Bertz CT molecular complexity index is 811. The van der Waals surface area contributed by atoms with E-state index in [0.29, 0.717) is 18.0 Å². The Morgan fingerprint density at radius 3 is 2.52 bits per heavy atom. The zero-order chi connectivity index (χ0) is 18.3. The maximum Gasteiger partial charge on any atom is 0.191 e. The van der Waals surface area contributed by atoms with E-state index >= 15 is 0 Å². The Labute approximate surface area is 153 Å². The average Bonchev–Trinajstić information content (AvgIpc) is 3.05. The molecule has 0 radical (unpaired) electrons. The number of aromatic nitrogens is 1. The second kappa shape index (κ2) is 8.96. The molecular weight excluding hydrogens is 356 g/mol. The van der Waals surface area contributed by atoms with Crippen molar-refractivity contribution in [1.29, 1.82) is 0 Å². The summed E-state index contributed by atoms with van der Waals surface area (Å²) in [6.45, 7) is 3.44. The molecule has 0 unspecified atom stereocenters. The summed E-state index contributed by atoms with van der Waals surface area (Å²) in [7, 11) is -1.41. The van der Waals surface area contributed by atoms with Crippen LogP contribution in [0.1, 0.15) is 23.2 Å². The van der Waals surface area contributed by atoms with Crippen molar-refractivity contribution in [2.24, 2.45) is 4.99 Å². The average molecular weight is 381 g/mol. The molecule has 0 aliphatic carbocycles. The van der Waals surface area contributed by atoms with E-state index in [0.717, 1.165) is 35.1 Å². The number of sulfone groups is 1. The SMILES string of the molecule is CCc1nc(CNC(=NC)NCCc2ccc(S(C)(=O)=O)cc2)cs1. The molecule has 0 saturated heterocycles. The molecule has 0 atom stereocenters. The van der Waals surface area contributed by atoms with Crippen LogP contribution in [0.4, 0.5) is 0 Å². The Kier molecular flexibility index (Phi) is 6.95. The molecule has 6 nitrogen and oxygen atoms in total. The first-order chi connectivity index (χ1) is 11.9. The summed E-state index contributed by atoms with van der Waals surface area (Å²) >= 11 is 1.67. The highest BCUT2D eigenvalue weighted by molar-refractivity contribution is 7.90. The summed E-state index contributed by atoms with van der Waals surface area (Å²) in [6, 6.07) is 6.97. The number of hydrogen-bond acceptors (Lipinski definition) is 5. The quantitative estimate of drug-likeness (QED) is 0.567. The third kappa shape index (κ3) is 6.13. The number of rotatable bonds is 7. The third-order valence-corrected chi connectivity index (χ3v) is 5.79. The molecule has 0 aliphatic rings. The van der Waals surface area contributed by atoms with Crippen LogP contribution < -0.4 is 10.6 Å². The van der Waals surface area contributed by atoms with Gasteiger partial charge in [-0.3, -0.25) is 4.99 Å². The first-order valence-corrected chi connectivity index (χ1v) is 10.9. The molecule has 2 N–H and O–H groups in total. The molecule has 1 aromatic heterocycles. The van der Waals surface area contributed by atoms with Crippen molar-refractivity contribution in [3.63, 3.8) is 0 Å². The van der Waals surface area contributed by atoms with Gasteiger partial charge in [-0.1, -0.05) is 19.1 Å². The lowest BCUT2D eigenvalue weighted by Crippen LogP contribution is -2.37. The molecule has 0 amide bonds. The van der Waals surface area contributed by atoms with Crippen LogP contribution in [0.25, 0.3) is 0 Å². The molecule has 1 heterocycles. The summed E-state index contributed by atoms with van der Waals surface area (Å²) < 4.78 is 22.9. The van der Waals surface area contributed by atoms with Crippen LogP contribution >= 0.6 is 11.3 Å². The predicted octanol–water partition coefficient (Wildman–Crippen LogP) is 2.02. The fraction of sp³-hybridized carbons (Fsp3) is 0.412. The van der Waals surface area contributed by atoms with E-state index < -0.39 is 9.84 Å². The zero-order valence-electron chi connectivity index (χ0n) is 14.7. The van der Waals surface area contributed by atoms with Gasteiger partial charge in [0.15, 0.2) is 15.8 Å². The fourth-order valence-electron chi connectivity index (χ4n) is 2.22. The Balaban J connectivity index is 1.79. The van der Waals surface area contributed by atoms with Gasteiger partial charge >= 0.3 is 0 Å². The van der Waals surface area contributed by atoms with Gasteiger partial charge in [-0.2, -0.15) is 0 Å². The summed E-state index contributed by atoms with van der Waals surface area (Å²) in [5.41, 5.74) is 2.09. The first-order valence-electron chi connectivity index (χ1n) is 8.09. The van der Waals surface area contributed by atoms with Gasteiger partial charge in [-0.25, -0.2) is 13.4 Å². The molecule has 8 heteroatoms.